The van der Waals surface area contributed by atoms with Gasteiger partial charge in [-0.25, -0.2) is 0 Å². The number of rotatable bonds is 5. The highest BCUT2D eigenvalue weighted by Gasteiger charge is 2.21. The Morgan fingerprint density at radius 2 is 1.88 bits per heavy atom. The van der Waals surface area contributed by atoms with Crippen LogP contribution < -0.4 is 10.6 Å². The minimum atomic E-state index is -0.201. The van der Waals surface area contributed by atoms with Crippen LogP contribution in [-0.2, 0) is 9.53 Å². The van der Waals surface area contributed by atoms with Crippen molar-refractivity contribution >= 4 is 17.5 Å². The van der Waals surface area contributed by atoms with E-state index in [0.717, 1.165) is 17.7 Å². The summed E-state index contributed by atoms with van der Waals surface area (Å²) in [4.78, 5) is 12.5. The normalized spacial score (nSPS) is 18.8. The number of benzene rings is 2. The molecule has 1 aliphatic heterocycles. The average molecular weight is 345 g/mol. The quantitative estimate of drug-likeness (QED) is 0.876. The summed E-state index contributed by atoms with van der Waals surface area (Å²) in [6.45, 7) is 2.21. The third kappa shape index (κ3) is 4.57. The lowest BCUT2D eigenvalue weighted by Gasteiger charge is -2.25. The zero-order valence-electron chi connectivity index (χ0n) is 13.4. The van der Waals surface area contributed by atoms with Crippen molar-refractivity contribution in [3.8, 4) is 0 Å². The van der Waals surface area contributed by atoms with Crippen LogP contribution in [0.1, 0.15) is 23.6 Å². The van der Waals surface area contributed by atoms with Crippen molar-refractivity contribution in [2.24, 2.45) is 0 Å². The molecule has 1 saturated heterocycles. The zero-order chi connectivity index (χ0) is 16.8. The standard InChI is InChI=1S/C19H21ClN2O2/c20-16-8-6-15(7-9-16)19(14-4-2-1-3-5-14)22-18(23)12-17-13-21-10-11-24-17/h1-9,17,19,21H,10-13H2,(H,22,23)/t17-,19-/m0/s1. The molecule has 0 bridgehead atoms. The first-order chi connectivity index (χ1) is 11.7. The topological polar surface area (TPSA) is 50.4 Å². The molecule has 24 heavy (non-hydrogen) atoms. The fourth-order valence-corrected chi connectivity index (χ4v) is 2.96. The number of carbonyl (C=O) groups is 1. The van der Waals surface area contributed by atoms with Crippen LogP contribution >= 0.6 is 11.6 Å². The van der Waals surface area contributed by atoms with Crippen LogP contribution in [0.3, 0.4) is 0 Å². The lowest BCUT2D eigenvalue weighted by Crippen LogP contribution is -2.42. The van der Waals surface area contributed by atoms with Gasteiger partial charge in [-0.15, -0.1) is 0 Å². The number of carbonyl (C=O) groups excluding carboxylic acids is 1. The van der Waals surface area contributed by atoms with Crippen LogP contribution in [-0.4, -0.2) is 31.7 Å². The van der Waals surface area contributed by atoms with Crippen molar-refractivity contribution in [3.63, 3.8) is 0 Å². The van der Waals surface area contributed by atoms with E-state index in [2.05, 4.69) is 10.6 Å². The van der Waals surface area contributed by atoms with E-state index in [9.17, 15) is 4.79 Å². The first kappa shape index (κ1) is 17.0. The molecule has 0 aromatic heterocycles. The lowest BCUT2D eigenvalue weighted by atomic mass is 9.98. The SMILES string of the molecule is O=C(C[C@H]1CNCCO1)N[C@@H](c1ccccc1)c1ccc(Cl)cc1. The molecule has 1 heterocycles. The minimum absolute atomic E-state index is 0.0208. The summed E-state index contributed by atoms with van der Waals surface area (Å²) in [5, 5.41) is 7.05. The van der Waals surface area contributed by atoms with Gasteiger partial charge in [0.05, 0.1) is 25.2 Å². The van der Waals surface area contributed by atoms with E-state index in [1.165, 1.54) is 0 Å². The molecule has 4 nitrogen and oxygen atoms in total. The minimum Gasteiger partial charge on any atom is -0.375 e. The third-order valence-electron chi connectivity index (χ3n) is 4.06. The maximum Gasteiger partial charge on any atom is 0.223 e. The van der Waals surface area contributed by atoms with Crippen molar-refractivity contribution in [2.45, 2.75) is 18.6 Å². The molecule has 0 spiro atoms. The predicted molar refractivity (Wildman–Crippen MR) is 95.1 cm³/mol. The summed E-state index contributed by atoms with van der Waals surface area (Å²) in [6, 6.07) is 17.3. The zero-order valence-corrected chi connectivity index (χ0v) is 14.1. The first-order valence-electron chi connectivity index (χ1n) is 8.14. The summed E-state index contributed by atoms with van der Waals surface area (Å²) in [5.74, 6) is -0.0208. The molecule has 2 aromatic rings. The van der Waals surface area contributed by atoms with Gasteiger partial charge in [-0.3, -0.25) is 4.79 Å². The Balaban J connectivity index is 1.74. The first-order valence-corrected chi connectivity index (χ1v) is 8.52. The lowest BCUT2D eigenvalue weighted by molar-refractivity contribution is -0.125. The van der Waals surface area contributed by atoms with E-state index in [0.29, 0.717) is 24.6 Å². The highest BCUT2D eigenvalue weighted by atomic mass is 35.5. The number of morpholine rings is 1. The summed E-state index contributed by atoms with van der Waals surface area (Å²) in [6.07, 6.45) is 0.282. The number of ether oxygens (including phenoxy) is 1. The molecule has 1 aliphatic rings. The molecule has 1 amide bonds. The molecule has 1 fully saturated rings. The number of hydrogen-bond donors (Lipinski definition) is 2. The summed E-state index contributed by atoms with van der Waals surface area (Å²) in [5.41, 5.74) is 2.04. The molecule has 2 atom stereocenters. The third-order valence-corrected chi connectivity index (χ3v) is 4.31. The number of amides is 1. The van der Waals surface area contributed by atoms with Crippen LogP contribution in [0.5, 0.6) is 0 Å². The van der Waals surface area contributed by atoms with Gasteiger partial charge in [-0.05, 0) is 23.3 Å². The summed E-state index contributed by atoms with van der Waals surface area (Å²) < 4.78 is 5.62. The monoisotopic (exact) mass is 344 g/mol. The van der Waals surface area contributed by atoms with E-state index in [-0.39, 0.29) is 18.1 Å². The van der Waals surface area contributed by atoms with Gasteiger partial charge in [0, 0.05) is 18.1 Å². The van der Waals surface area contributed by atoms with Crippen LogP contribution in [0.4, 0.5) is 0 Å². The largest absolute Gasteiger partial charge is 0.375 e. The van der Waals surface area contributed by atoms with Gasteiger partial charge in [0.15, 0.2) is 0 Å². The Hall–Kier alpha value is -1.88. The second-order valence-corrected chi connectivity index (χ2v) is 6.30. The van der Waals surface area contributed by atoms with Crippen molar-refractivity contribution in [2.75, 3.05) is 19.7 Å². The molecule has 3 rings (SSSR count). The molecule has 2 N–H and O–H groups in total. The molecule has 5 heteroatoms. The molecule has 0 saturated carbocycles. The van der Waals surface area contributed by atoms with Crippen LogP contribution in [0.25, 0.3) is 0 Å². The fraction of sp³-hybridized carbons (Fsp3) is 0.316. The molecule has 2 aromatic carbocycles. The molecule has 0 aliphatic carbocycles. The van der Waals surface area contributed by atoms with Gasteiger partial charge < -0.3 is 15.4 Å². The van der Waals surface area contributed by atoms with E-state index >= 15 is 0 Å². The number of nitrogens with one attached hydrogen (secondary N) is 2. The summed E-state index contributed by atoms with van der Waals surface area (Å²) >= 11 is 5.99. The molecular formula is C19H21ClN2O2. The predicted octanol–water partition coefficient (Wildman–Crippen LogP) is 2.92. The van der Waals surface area contributed by atoms with Crippen molar-refractivity contribution in [3.05, 3.63) is 70.7 Å². The van der Waals surface area contributed by atoms with Crippen molar-refractivity contribution in [1.82, 2.24) is 10.6 Å². The van der Waals surface area contributed by atoms with Crippen molar-refractivity contribution in [1.29, 1.82) is 0 Å². The molecular weight excluding hydrogens is 324 g/mol. The Morgan fingerprint density at radius 3 is 2.54 bits per heavy atom. The van der Waals surface area contributed by atoms with Gasteiger partial charge >= 0.3 is 0 Å². The van der Waals surface area contributed by atoms with Gasteiger partial charge in [0.1, 0.15) is 0 Å². The molecule has 0 unspecified atom stereocenters. The Morgan fingerprint density at radius 1 is 1.17 bits per heavy atom. The highest BCUT2D eigenvalue weighted by molar-refractivity contribution is 6.30. The van der Waals surface area contributed by atoms with Gasteiger partial charge in [-0.2, -0.15) is 0 Å². The Kier molecular flexibility index (Phi) is 5.86. The Bertz CT molecular complexity index is 655. The average Bonchev–Trinajstić information content (AvgIpc) is 2.62. The molecule has 126 valence electrons. The highest BCUT2D eigenvalue weighted by Crippen LogP contribution is 2.23. The maximum absolute atomic E-state index is 12.5. The van der Waals surface area contributed by atoms with E-state index in [4.69, 9.17) is 16.3 Å². The van der Waals surface area contributed by atoms with Gasteiger partial charge in [-0.1, -0.05) is 54.1 Å². The second kappa shape index (κ2) is 8.29. The van der Waals surface area contributed by atoms with Crippen molar-refractivity contribution < 1.29 is 9.53 Å². The number of hydrogen-bond acceptors (Lipinski definition) is 3. The van der Waals surface area contributed by atoms with Crippen LogP contribution in [0, 0.1) is 0 Å². The van der Waals surface area contributed by atoms with Gasteiger partial charge in [0.25, 0.3) is 0 Å². The summed E-state index contributed by atoms with van der Waals surface area (Å²) in [7, 11) is 0. The smallest absolute Gasteiger partial charge is 0.223 e. The van der Waals surface area contributed by atoms with E-state index in [1.807, 2.05) is 54.6 Å². The fourth-order valence-electron chi connectivity index (χ4n) is 2.84. The maximum atomic E-state index is 12.5. The van der Waals surface area contributed by atoms with Crippen LogP contribution in [0.2, 0.25) is 5.02 Å². The van der Waals surface area contributed by atoms with Gasteiger partial charge in [0.2, 0.25) is 5.91 Å². The van der Waals surface area contributed by atoms with Crippen LogP contribution in [0.15, 0.2) is 54.6 Å². The van der Waals surface area contributed by atoms with E-state index < -0.39 is 0 Å². The van der Waals surface area contributed by atoms with E-state index in [1.54, 1.807) is 0 Å². The Labute approximate surface area is 147 Å². The second-order valence-electron chi connectivity index (χ2n) is 5.86. The molecule has 0 radical (unpaired) electrons. The number of halogens is 1.